The van der Waals surface area contributed by atoms with Crippen LogP contribution in [0.2, 0.25) is 5.02 Å². The molecular weight excluding hydrogens is 246 g/mol. The molecule has 1 saturated carbocycles. The van der Waals surface area contributed by atoms with Gasteiger partial charge in [-0.05, 0) is 50.4 Å². The van der Waals surface area contributed by atoms with Crippen molar-refractivity contribution in [2.45, 2.75) is 45.1 Å². The molecule has 1 fully saturated rings. The van der Waals surface area contributed by atoms with Crippen LogP contribution in [0.1, 0.15) is 37.7 Å². The van der Waals surface area contributed by atoms with E-state index in [1.165, 1.54) is 25.7 Å². The standard InChI is InChI=1S/C15H22ClNO/c1-12-7-8-13(16)11-15(12)18-10-4-9-17-14-5-2-3-6-14/h7-8,11,14,17H,2-6,9-10H2,1H3. The Morgan fingerprint density at radius 2 is 2.11 bits per heavy atom. The van der Waals surface area contributed by atoms with Gasteiger partial charge in [0.1, 0.15) is 5.75 Å². The average Bonchev–Trinajstić information content (AvgIpc) is 2.86. The van der Waals surface area contributed by atoms with Crippen molar-refractivity contribution in [1.29, 1.82) is 0 Å². The van der Waals surface area contributed by atoms with Crippen molar-refractivity contribution in [3.63, 3.8) is 0 Å². The SMILES string of the molecule is Cc1ccc(Cl)cc1OCCCNC1CCCC1. The molecule has 0 spiro atoms. The third kappa shape index (κ3) is 4.18. The Labute approximate surface area is 115 Å². The van der Waals surface area contributed by atoms with Gasteiger partial charge in [0, 0.05) is 11.1 Å². The summed E-state index contributed by atoms with van der Waals surface area (Å²) in [6.45, 7) is 3.84. The van der Waals surface area contributed by atoms with E-state index in [1.54, 1.807) is 0 Å². The molecule has 18 heavy (non-hydrogen) atoms. The Kier molecular flexibility index (Phi) is 5.33. The smallest absolute Gasteiger partial charge is 0.123 e. The number of hydrogen-bond acceptors (Lipinski definition) is 2. The molecule has 0 amide bonds. The molecule has 3 heteroatoms. The van der Waals surface area contributed by atoms with Crippen LogP contribution in [0, 0.1) is 6.92 Å². The summed E-state index contributed by atoms with van der Waals surface area (Å²) < 4.78 is 5.76. The van der Waals surface area contributed by atoms with Crippen molar-refractivity contribution in [3.05, 3.63) is 28.8 Å². The van der Waals surface area contributed by atoms with Gasteiger partial charge >= 0.3 is 0 Å². The molecule has 1 aliphatic rings. The molecule has 0 aliphatic heterocycles. The van der Waals surface area contributed by atoms with Crippen LogP contribution >= 0.6 is 11.6 Å². The largest absolute Gasteiger partial charge is 0.493 e. The summed E-state index contributed by atoms with van der Waals surface area (Å²) in [4.78, 5) is 0. The van der Waals surface area contributed by atoms with Crippen molar-refractivity contribution in [3.8, 4) is 5.75 Å². The third-order valence-corrected chi connectivity index (χ3v) is 3.75. The second kappa shape index (κ2) is 7.01. The van der Waals surface area contributed by atoms with Gasteiger partial charge in [-0.15, -0.1) is 0 Å². The monoisotopic (exact) mass is 267 g/mol. The van der Waals surface area contributed by atoms with E-state index in [0.717, 1.165) is 41.9 Å². The highest BCUT2D eigenvalue weighted by atomic mass is 35.5. The van der Waals surface area contributed by atoms with E-state index in [0.29, 0.717) is 0 Å². The van der Waals surface area contributed by atoms with E-state index in [-0.39, 0.29) is 0 Å². The molecule has 0 bridgehead atoms. The molecule has 0 atom stereocenters. The van der Waals surface area contributed by atoms with Gasteiger partial charge in [-0.25, -0.2) is 0 Å². The number of rotatable bonds is 6. The molecule has 1 aromatic rings. The normalized spacial score (nSPS) is 16.1. The number of halogens is 1. The van der Waals surface area contributed by atoms with Crippen LogP contribution in [0.25, 0.3) is 0 Å². The van der Waals surface area contributed by atoms with Gasteiger partial charge in [0.25, 0.3) is 0 Å². The van der Waals surface area contributed by atoms with Crippen LogP contribution in [0.4, 0.5) is 0 Å². The highest BCUT2D eigenvalue weighted by molar-refractivity contribution is 6.30. The third-order valence-electron chi connectivity index (χ3n) is 3.52. The second-order valence-corrected chi connectivity index (χ2v) is 5.48. The Morgan fingerprint density at radius 1 is 1.33 bits per heavy atom. The van der Waals surface area contributed by atoms with Crippen LogP contribution in [0.5, 0.6) is 5.75 Å². The van der Waals surface area contributed by atoms with Gasteiger partial charge in [0.15, 0.2) is 0 Å². The molecule has 1 aromatic carbocycles. The molecule has 0 aromatic heterocycles. The number of aryl methyl sites for hydroxylation is 1. The van der Waals surface area contributed by atoms with Crippen molar-refractivity contribution in [2.75, 3.05) is 13.2 Å². The lowest BCUT2D eigenvalue weighted by Crippen LogP contribution is -2.27. The lowest BCUT2D eigenvalue weighted by molar-refractivity contribution is 0.303. The highest BCUT2D eigenvalue weighted by Crippen LogP contribution is 2.22. The van der Waals surface area contributed by atoms with E-state index in [2.05, 4.69) is 5.32 Å². The predicted molar refractivity (Wildman–Crippen MR) is 76.6 cm³/mol. The van der Waals surface area contributed by atoms with Crippen molar-refractivity contribution >= 4 is 11.6 Å². The van der Waals surface area contributed by atoms with Crippen LogP contribution in [-0.2, 0) is 0 Å². The Morgan fingerprint density at radius 3 is 2.89 bits per heavy atom. The fraction of sp³-hybridized carbons (Fsp3) is 0.600. The van der Waals surface area contributed by atoms with Gasteiger partial charge in [0.05, 0.1) is 6.61 Å². The maximum atomic E-state index is 5.95. The predicted octanol–water partition coefficient (Wildman–Crippen LogP) is 3.95. The maximum absolute atomic E-state index is 5.95. The minimum atomic E-state index is 0.736. The van der Waals surface area contributed by atoms with E-state index in [4.69, 9.17) is 16.3 Å². The van der Waals surface area contributed by atoms with Gasteiger partial charge in [-0.3, -0.25) is 0 Å². The van der Waals surface area contributed by atoms with E-state index < -0.39 is 0 Å². The van der Waals surface area contributed by atoms with Gasteiger partial charge < -0.3 is 10.1 Å². The van der Waals surface area contributed by atoms with Crippen LogP contribution < -0.4 is 10.1 Å². The minimum absolute atomic E-state index is 0.736. The second-order valence-electron chi connectivity index (χ2n) is 5.05. The van der Waals surface area contributed by atoms with Crippen LogP contribution in [0.15, 0.2) is 18.2 Å². The molecule has 1 N–H and O–H groups in total. The first kappa shape index (κ1) is 13.7. The summed E-state index contributed by atoms with van der Waals surface area (Å²) in [7, 11) is 0. The van der Waals surface area contributed by atoms with E-state index >= 15 is 0 Å². The molecule has 0 radical (unpaired) electrons. The minimum Gasteiger partial charge on any atom is -0.493 e. The fourth-order valence-electron chi connectivity index (χ4n) is 2.42. The number of hydrogen-bond donors (Lipinski definition) is 1. The Balaban J connectivity index is 1.64. The zero-order valence-corrected chi connectivity index (χ0v) is 11.8. The molecule has 0 saturated heterocycles. The zero-order valence-electron chi connectivity index (χ0n) is 11.0. The summed E-state index contributed by atoms with van der Waals surface area (Å²) in [6, 6.07) is 6.53. The van der Waals surface area contributed by atoms with Crippen LogP contribution in [-0.4, -0.2) is 19.2 Å². The number of ether oxygens (including phenoxy) is 1. The van der Waals surface area contributed by atoms with Gasteiger partial charge in [-0.2, -0.15) is 0 Å². The first-order chi connectivity index (χ1) is 8.75. The summed E-state index contributed by atoms with van der Waals surface area (Å²) in [6.07, 6.45) is 6.50. The summed E-state index contributed by atoms with van der Waals surface area (Å²) in [5.41, 5.74) is 1.14. The van der Waals surface area contributed by atoms with Crippen molar-refractivity contribution < 1.29 is 4.74 Å². The highest BCUT2D eigenvalue weighted by Gasteiger charge is 2.13. The summed E-state index contributed by atoms with van der Waals surface area (Å²) in [5.74, 6) is 0.906. The molecule has 2 rings (SSSR count). The summed E-state index contributed by atoms with van der Waals surface area (Å²) >= 11 is 5.95. The average molecular weight is 268 g/mol. The Bertz CT molecular complexity index is 375. The number of benzene rings is 1. The van der Waals surface area contributed by atoms with Crippen molar-refractivity contribution in [2.24, 2.45) is 0 Å². The molecular formula is C15H22ClNO. The molecule has 0 unspecified atom stereocenters. The van der Waals surface area contributed by atoms with Gasteiger partial charge in [-0.1, -0.05) is 30.5 Å². The first-order valence-electron chi connectivity index (χ1n) is 6.88. The molecule has 2 nitrogen and oxygen atoms in total. The molecule has 1 aliphatic carbocycles. The maximum Gasteiger partial charge on any atom is 0.123 e. The fourth-order valence-corrected chi connectivity index (χ4v) is 2.58. The van der Waals surface area contributed by atoms with E-state index in [1.807, 2.05) is 25.1 Å². The van der Waals surface area contributed by atoms with Crippen LogP contribution in [0.3, 0.4) is 0 Å². The molecule has 0 heterocycles. The lowest BCUT2D eigenvalue weighted by Gasteiger charge is -2.13. The first-order valence-corrected chi connectivity index (χ1v) is 7.26. The zero-order chi connectivity index (χ0) is 12.8. The van der Waals surface area contributed by atoms with Gasteiger partial charge in [0.2, 0.25) is 0 Å². The molecule has 100 valence electrons. The number of nitrogens with one attached hydrogen (secondary N) is 1. The lowest BCUT2D eigenvalue weighted by atomic mass is 10.2. The van der Waals surface area contributed by atoms with E-state index in [9.17, 15) is 0 Å². The quantitative estimate of drug-likeness (QED) is 0.788. The topological polar surface area (TPSA) is 21.3 Å². The summed E-state index contributed by atoms with van der Waals surface area (Å²) in [5, 5.41) is 4.32. The van der Waals surface area contributed by atoms with Crippen molar-refractivity contribution in [1.82, 2.24) is 5.32 Å². The Hall–Kier alpha value is -0.730.